The van der Waals surface area contributed by atoms with Crippen LogP contribution in [0.15, 0.2) is 22.6 Å². The molecule has 22 heavy (non-hydrogen) atoms. The van der Waals surface area contributed by atoms with Gasteiger partial charge in [0.05, 0.1) is 0 Å². The number of piperidine rings is 1. The van der Waals surface area contributed by atoms with Gasteiger partial charge in [-0.25, -0.2) is 0 Å². The fraction of sp³-hybridized carbons (Fsp3) is 0.500. The molecule has 4 nitrogen and oxygen atoms in total. The molecule has 0 saturated carbocycles. The topological polar surface area (TPSA) is 59.5 Å². The van der Waals surface area contributed by atoms with Crippen LogP contribution in [0.4, 0.5) is 0 Å². The van der Waals surface area contributed by atoms with Gasteiger partial charge in [-0.05, 0) is 68.9 Å². The average molecular weight is 300 g/mol. The smallest absolute Gasteiger partial charge is 0.289 e. The lowest BCUT2D eigenvalue weighted by molar-refractivity contribution is 0.0651. The average Bonchev–Trinajstić information content (AvgIpc) is 2.90. The first-order chi connectivity index (χ1) is 10.5. The molecule has 2 aromatic rings. The van der Waals surface area contributed by atoms with Crippen molar-refractivity contribution in [2.45, 2.75) is 39.7 Å². The third-order valence-electron chi connectivity index (χ3n) is 4.91. The van der Waals surface area contributed by atoms with Crippen molar-refractivity contribution in [3.8, 4) is 0 Å². The molecule has 118 valence electrons. The summed E-state index contributed by atoms with van der Waals surface area (Å²) in [7, 11) is 0. The summed E-state index contributed by atoms with van der Waals surface area (Å²) in [5, 5.41) is 0.997. The predicted octanol–water partition coefficient (Wildman–Crippen LogP) is 3.25. The van der Waals surface area contributed by atoms with Crippen molar-refractivity contribution < 1.29 is 9.21 Å². The normalized spacial score (nSPS) is 17.9. The molecule has 1 fully saturated rings. The van der Waals surface area contributed by atoms with E-state index in [0.29, 0.717) is 11.7 Å². The minimum atomic E-state index is -0.00497. The second-order valence-electron chi connectivity index (χ2n) is 6.57. The lowest BCUT2D eigenvalue weighted by atomic mass is 9.91. The van der Waals surface area contributed by atoms with Crippen LogP contribution in [0.3, 0.4) is 0 Å². The van der Waals surface area contributed by atoms with Crippen LogP contribution < -0.4 is 5.73 Å². The maximum atomic E-state index is 12.6. The van der Waals surface area contributed by atoms with E-state index in [4.69, 9.17) is 10.2 Å². The number of nitrogens with two attached hydrogens (primary N) is 1. The summed E-state index contributed by atoms with van der Waals surface area (Å²) in [6, 6.07) is 6.15. The highest BCUT2D eigenvalue weighted by Gasteiger charge is 2.27. The van der Waals surface area contributed by atoms with Crippen molar-refractivity contribution in [1.82, 2.24) is 4.90 Å². The fourth-order valence-electron chi connectivity index (χ4n) is 3.19. The molecule has 2 heterocycles. The molecule has 0 aliphatic carbocycles. The van der Waals surface area contributed by atoms with Gasteiger partial charge in [0.2, 0.25) is 0 Å². The van der Waals surface area contributed by atoms with Gasteiger partial charge in [0.25, 0.3) is 5.91 Å². The fourth-order valence-corrected chi connectivity index (χ4v) is 3.19. The summed E-state index contributed by atoms with van der Waals surface area (Å²) in [4.78, 5) is 14.5. The number of carbonyl (C=O) groups excluding carboxylic acids is 1. The number of furan rings is 1. The number of aryl methyl sites for hydroxylation is 2. The Balaban J connectivity index is 1.78. The Morgan fingerprint density at radius 1 is 1.23 bits per heavy atom. The van der Waals surface area contributed by atoms with Crippen molar-refractivity contribution in [3.05, 3.63) is 35.1 Å². The minimum Gasteiger partial charge on any atom is -0.451 e. The van der Waals surface area contributed by atoms with E-state index in [2.05, 4.69) is 19.9 Å². The lowest BCUT2D eigenvalue weighted by Crippen LogP contribution is -2.42. The van der Waals surface area contributed by atoms with Crippen molar-refractivity contribution in [2.75, 3.05) is 13.1 Å². The Hall–Kier alpha value is -1.81. The molecule has 2 N–H and O–H groups in total. The van der Waals surface area contributed by atoms with Crippen molar-refractivity contribution in [1.29, 1.82) is 0 Å². The molecule has 1 aliphatic rings. The van der Waals surface area contributed by atoms with E-state index in [1.807, 2.05) is 24.0 Å². The quantitative estimate of drug-likeness (QED) is 0.926. The van der Waals surface area contributed by atoms with E-state index >= 15 is 0 Å². The van der Waals surface area contributed by atoms with Gasteiger partial charge in [-0.2, -0.15) is 0 Å². The molecule has 0 spiro atoms. The van der Waals surface area contributed by atoms with Gasteiger partial charge in [0.1, 0.15) is 5.58 Å². The summed E-state index contributed by atoms with van der Waals surface area (Å²) >= 11 is 0. The molecule has 1 atom stereocenters. The molecule has 1 amide bonds. The van der Waals surface area contributed by atoms with Crippen molar-refractivity contribution in [3.63, 3.8) is 0 Å². The number of carbonyl (C=O) groups is 1. The largest absolute Gasteiger partial charge is 0.451 e. The highest BCUT2D eigenvalue weighted by atomic mass is 16.3. The second kappa shape index (κ2) is 5.76. The van der Waals surface area contributed by atoms with Crippen LogP contribution in [-0.4, -0.2) is 29.9 Å². The summed E-state index contributed by atoms with van der Waals surface area (Å²) in [5.74, 6) is 0.957. The van der Waals surface area contributed by atoms with Gasteiger partial charge < -0.3 is 15.1 Å². The molecule has 0 bridgehead atoms. The zero-order chi connectivity index (χ0) is 15.9. The molecule has 1 aliphatic heterocycles. The molecule has 1 aromatic heterocycles. The Kier molecular flexibility index (Phi) is 3.96. The SMILES string of the molecule is Cc1cc2cc(C(=O)N3CCC(C(C)N)CC3)oc2cc1C. The van der Waals surface area contributed by atoms with Crippen LogP contribution in [0.5, 0.6) is 0 Å². The molecule has 1 unspecified atom stereocenters. The number of nitrogens with zero attached hydrogens (tertiary/aromatic N) is 1. The van der Waals surface area contributed by atoms with E-state index in [1.165, 1.54) is 11.1 Å². The number of fused-ring (bicyclic) bond motifs is 1. The summed E-state index contributed by atoms with van der Waals surface area (Å²) < 4.78 is 5.78. The third-order valence-corrected chi connectivity index (χ3v) is 4.91. The number of hydrogen-bond donors (Lipinski definition) is 1. The zero-order valence-electron chi connectivity index (χ0n) is 13.6. The monoisotopic (exact) mass is 300 g/mol. The molecule has 1 aromatic carbocycles. The number of rotatable bonds is 2. The number of amides is 1. The molecule has 4 heteroatoms. The van der Waals surface area contributed by atoms with Crippen LogP contribution in [-0.2, 0) is 0 Å². The standard InChI is InChI=1S/C18H24N2O2/c1-11-8-15-10-17(22-16(15)9-12(11)2)18(21)20-6-4-14(5-7-20)13(3)19/h8-10,13-14H,4-7,19H2,1-3H3. The predicted molar refractivity (Wildman–Crippen MR) is 88.0 cm³/mol. The van der Waals surface area contributed by atoms with Gasteiger partial charge in [-0.1, -0.05) is 0 Å². The first-order valence-electron chi connectivity index (χ1n) is 8.01. The van der Waals surface area contributed by atoms with Crippen molar-refractivity contribution >= 4 is 16.9 Å². The molecule has 0 radical (unpaired) electrons. The lowest BCUT2D eigenvalue weighted by Gasteiger charge is -2.33. The Labute approximate surface area is 131 Å². The Morgan fingerprint density at radius 3 is 2.50 bits per heavy atom. The van der Waals surface area contributed by atoms with E-state index in [-0.39, 0.29) is 11.9 Å². The maximum absolute atomic E-state index is 12.6. The molecule has 1 saturated heterocycles. The van der Waals surface area contributed by atoms with Crippen LogP contribution in [0.1, 0.15) is 41.4 Å². The second-order valence-corrected chi connectivity index (χ2v) is 6.57. The number of benzene rings is 1. The van der Waals surface area contributed by atoms with Gasteiger partial charge in [0, 0.05) is 24.5 Å². The van der Waals surface area contributed by atoms with E-state index in [9.17, 15) is 4.79 Å². The van der Waals surface area contributed by atoms with Crippen LogP contribution in [0.2, 0.25) is 0 Å². The molecule has 3 rings (SSSR count). The highest BCUT2D eigenvalue weighted by Crippen LogP contribution is 2.26. The first kappa shape index (κ1) is 15.1. The van der Waals surface area contributed by atoms with Crippen LogP contribution >= 0.6 is 0 Å². The van der Waals surface area contributed by atoms with Gasteiger partial charge in [-0.3, -0.25) is 4.79 Å². The van der Waals surface area contributed by atoms with Gasteiger partial charge in [-0.15, -0.1) is 0 Å². The van der Waals surface area contributed by atoms with Gasteiger partial charge >= 0.3 is 0 Å². The Bertz CT molecular complexity index is 655. The van der Waals surface area contributed by atoms with E-state index in [0.717, 1.165) is 36.9 Å². The molecular formula is C18H24N2O2. The number of likely N-dealkylation sites (tertiary alicyclic amines) is 1. The molecular weight excluding hydrogens is 276 g/mol. The summed E-state index contributed by atoms with van der Waals surface area (Å²) in [6.45, 7) is 7.70. The van der Waals surface area contributed by atoms with E-state index < -0.39 is 0 Å². The zero-order valence-corrected chi connectivity index (χ0v) is 13.6. The van der Waals surface area contributed by atoms with Crippen LogP contribution in [0.25, 0.3) is 11.0 Å². The minimum absolute atomic E-state index is 0.00497. The summed E-state index contributed by atoms with van der Waals surface area (Å²) in [5.41, 5.74) is 9.14. The van der Waals surface area contributed by atoms with E-state index in [1.54, 1.807) is 0 Å². The van der Waals surface area contributed by atoms with Gasteiger partial charge in [0.15, 0.2) is 5.76 Å². The maximum Gasteiger partial charge on any atom is 0.289 e. The highest BCUT2D eigenvalue weighted by molar-refractivity contribution is 5.96. The van der Waals surface area contributed by atoms with Crippen molar-refractivity contribution in [2.24, 2.45) is 11.7 Å². The third kappa shape index (κ3) is 2.75. The first-order valence-corrected chi connectivity index (χ1v) is 8.01. The Morgan fingerprint density at radius 2 is 1.86 bits per heavy atom. The van der Waals surface area contributed by atoms with Crippen LogP contribution in [0, 0.1) is 19.8 Å². The number of hydrogen-bond acceptors (Lipinski definition) is 3. The summed E-state index contributed by atoms with van der Waals surface area (Å²) in [6.07, 6.45) is 1.95.